The Balaban J connectivity index is 1.95. The molecule has 2 aromatic rings. The lowest BCUT2D eigenvalue weighted by Gasteiger charge is -2.23. The molecule has 0 atom stereocenters. The Morgan fingerprint density at radius 3 is 2.50 bits per heavy atom. The highest BCUT2D eigenvalue weighted by Crippen LogP contribution is 2.21. The number of likely N-dealkylation sites (N-methyl/N-ethyl adjacent to an activating group) is 1. The third-order valence-electron chi connectivity index (χ3n) is 3.11. The van der Waals surface area contributed by atoms with E-state index in [0.29, 0.717) is 36.8 Å². The molecule has 106 valence electrons. The summed E-state index contributed by atoms with van der Waals surface area (Å²) in [7, 11) is 0. The number of nitrogens with zero attached hydrogens (tertiary/aromatic N) is 1. The molecule has 3 nitrogen and oxygen atoms in total. The molecule has 0 unspecified atom stereocenters. The van der Waals surface area contributed by atoms with Crippen molar-refractivity contribution in [2.45, 2.75) is 6.92 Å². The van der Waals surface area contributed by atoms with Crippen molar-refractivity contribution < 1.29 is 9.13 Å². The van der Waals surface area contributed by atoms with E-state index in [1.165, 1.54) is 6.07 Å². The van der Waals surface area contributed by atoms with Crippen molar-refractivity contribution in [2.75, 3.05) is 30.3 Å². The number of ether oxygens (including phenoxy) is 1. The van der Waals surface area contributed by atoms with Crippen LogP contribution in [0, 0.1) is 5.82 Å². The van der Waals surface area contributed by atoms with Crippen LogP contribution < -0.4 is 15.4 Å². The van der Waals surface area contributed by atoms with Crippen LogP contribution in [0.15, 0.2) is 48.5 Å². The molecule has 0 spiro atoms. The van der Waals surface area contributed by atoms with Gasteiger partial charge in [-0.25, -0.2) is 4.39 Å². The molecular formula is C16H19FN2O. The lowest BCUT2D eigenvalue weighted by Crippen LogP contribution is -2.28. The van der Waals surface area contributed by atoms with Crippen LogP contribution in [0.5, 0.6) is 5.75 Å². The summed E-state index contributed by atoms with van der Waals surface area (Å²) in [6.45, 7) is 3.76. The van der Waals surface area contributed by atoms with E-state index in [0.717, 1.165) is 0 Å². The maximum atomic E-state index is 13.7. The minimum absolute atomic E-state index is 0.214. The second kappa shape index (κ2) is 6.80. The van der Waals surface area contributed by atoms with Crippen molar-refractivity contribution in [3.05, 3.63) is 54.3 Å². The van der Waals surface area contributed by atoms with Crippen LogP contribution in [0.1, 0.15) is 6.92 Å². The average molecular weight is 274 g/mol. The molecule has 0 aliphatic rings. The Bertz CT molecular complexity index is 560. The predicted molar refractivity (Wildman–Crippen MR) is 80.6 cm³/mol. The first kappa shape index (κ1) is 14.2. The van der Waals surface area contributed by atoms with Crippen LogP contribution in [0.4, 0.5) is 15.8 Å². The number of hydrogen-bond acceptors (Lipinski definition) is 3. The molecule has 0 bridgehead atoms. The number of nitrogens with two attached hydrogens (primary N) is 1. The van der Waals surface area contributed by atoms with E-state index < -0.39 is 0 Å². The molecule has 0 saturated carbocycles. The van der Waals surface area contributed by atoms with Crippen LogP contribution >= 0.6 is 0 Å². The quantitative estimate of drug-likeness (QED) is 0.821. The van der Waals surface area contributed by atoms with Crippen molar-refractivity contribution >= 4 is 11.4 Å². The first-order valence-electron chi connectivity index (χ1n) is 6.69. The number of nitrogen functional groups attached to an aromatic ring is 1. The Morgan fingerprint density at radius 2 is 1.80 bits per heavy atom. The van der Waals surface area contributed by atoms with Gasteiger partial charge in [-0.2, -0.15) is 0 Å². The summed E-state index contributed by atoms with van der Waals surface area (Å²) in [6.07, 6.45) is 0. The van der Waals surface area contributed by atoms with Gasteiger partial charge in [0.25, 0.3) is 0 Å². The van der Waals surface area contributed by atoms with Gasteiger partial charge in [0, 0.05) is 6.54 Å². The lowest BCUT2D eigenvalue weighted by molar-refractivity contribution is 0.325. The van der Waals surface area contributed by atoms with Crippen LogP contribution in [0.2, 0.25) is 0 Å². The van der Waals surface area contributed by atoms with E-state index in [4.69, 9.17) is 10.5 Å². The zero-order valence-electron chi connectivity index (χ0n) is 11.6. The molecule has 4 heteroatoms. The molecule has 20 heavy (non-hydrogen) atoms. The summed E-state index contributed by atoms with van der Waals surface area (Å²) in [5.74, 6) is 0.450. The molecule has 0 aromatic heterocycles. The van der Waals surface area contributed by atoms with Crippen molar-refractivity contribution in [3.63, 3.8) is 0 Å². The van der Waals surface area contributed by atoms with E-state index in [1.807, 2.05) is 36.1 Å². The van der Waals surface area contributed by atoms with Crippen molar-refractivity contribution in [2.24, 2.45) is 0 Å². The number of anilines is 2. The average Bonchev–Trinajstić information content (AvgIpc) is 2.46. The fourth-order valence-corrected chi connectivity index (χ4v) is 2.03. The maximum Gasteiger partial charge on any atom is 0.146 e. The summed E-state index contributed by atoms with van der Waals surface area (Å²) in [5.41, 5.74) is 7.02. The molecule has 0 radical (unpaired) electrons. The first-order valence-corrected chi connectivity index (χ1v) is 6.69. The summed E-state index contributed by atoms with van der Waals surface area (Å²) >= 11 is 0. The Kier molecular flexibility index (Phi) is 4.82. The van der Waals surface area contributed by atoms with Gasteiger partial charge in [-0.15, -0.1) is 0 Å². The SMILES string of the molecule is CCN(CCOc1ccccc1N)c1ccccc1F. The molecule has 0 saturated heterocycles. The van der Waals surface area contributed by atoms with Crippen LogP contribution in [0.25, 0.3) is 0 Å². The fraction of sp³-hybridized carbons (Fsp3) is 0.250. The minimum atomic E-state index is -0.214. The highest BCUT2D eigenvalue weighted by atomic mass is 19.1. The normalized spacial score (nSPS) is 10.3. The van der Waals surface area contributed by atoms with Crippen LogP contribution in [0.3, 0.4) is 0 Å². The smallest absolute Gasteiger partial charge is 0.146 e. The largest absolute Gasteiger partial charge is 0.490 e. The molecule has 0 aliphatic carbocycles. The topological polar surface area (TPSA) is 38.5 Å². The van der Waals surface area contributed by atoms with Crippen LogP contribution in [-0.4, -0.2) is 19.7 Å². The fourth-order valence-electron chi connectivity index (χ4n) is 2.03. The Hall–Kier alpha value is -2.23. The molecule has 2 N–H and O–H groups in total. The standard InChI is InChI=1S/C16H19FN2O/c1-2-19(15-9-5-3-7-13(15)17)11-12-20-16-10-6-4-8-14(16)18/h3-10H,2,11-12,18H2,1H3. The number of halogens is 1. The van der Waals surface area contributed by atoms with Crippen molar-refractivity contribution in [1.82, 2.24) is 0 Å². The molecule has 0 fully saturated rings. The van der Waals surface area contributed by atoms with E-state index in [1.54, 1.807) is 18.2 Å². The minimum Gasteiger partial charge on any atom is -0.490 e. The van der Waals surface area contributed by atoms with E-state index in [-0.39, 0.29) is 5.82 Å². The van der Waals surface area contributed by atoms with Gasteiger partial charge in [-0.3, -0.25) is 0 Å². The van der Waals surface area contributed by atoms with Crippen LogP contribution in [-0.2, 0) is 0 Å². The molecule has 0 amide bonds. The summed E-state index contributed by atoms with van der Waals surface area (Å²) < 4.78 is 19.4. The predicted octanol–water partition coefficient (Wildman–Crippen LogP) is 3.31. The number of para-hydroxylation sites is 3. The van der Waals surface area contributed by atoms with Gasteiger partial charge in [0.05, 0.1) is 17.9 Å². The molecular weight excluding hydrogens is 255 g/mol. The van der Waals surface area contributed by atoms with Gasteiger partial charge >= 0.3 is 0 Å². The Labute approximate surface area is 118 Å². The van der Waals surface area contributed by atoms with Gasteiger partial charge in [0.15, 0.2) is 0 Å². The van der Waals surface area contributed by atoms with Gasteiger partial charge in [-0.05, 0) is 31.2 Å². The Morgan fingerprint density at radius 1 is 1.10 bits per heavy atom. The van der Waals surface area contributed by atoms with Gasteiger partial charge in [0.2, 0.25) is 0 Å². The van der Waals surface area contributed by atoms with Crippen molar-refractivity contribution in [1.29, 1.82) is 0 Å². The van der Waals surface area contributed by atoms with Gasteiger partial charge in [0.1, 0.15) is 18.2 Å². The summed E-state index contributed by atoms with van der Waals surface area (Å²) in [6, 6.07) is 14.1. The molecule has 0 aliphatic heterocycles. The van der Waals surface area contributed by atoms with Gasteiger partial charge in [-0.1, -0.05) is 24.3 Å². The zero-order chi connectivity index (χ0) is 14.4. The summed E-state index contributed by atoms with van der Waals surface area (Å²) in [4.78, 5) is 1.94. The highest BCUT2D eigenvalue weighted by molar-refractivity contribution is 5.52. The molecule has 0 heterocycles. The monoisotopic (exact) mass is 274 g/mol. The lowest BCUT2D eigenvalue weighted by atomic mass is 10.2. The van der Waals surface area contributed by atoms with E-state index in [9.17, 15) is 4.39 Å². The second-order valence-corrected chi connectivity index (χ2v) is 4.42. The number of rotatable bonds is 6. The number of benzene rings is 2. The first-order chi connectivity index (χ1) is 9.72. The zero-order valence-corrected chi connectivity index (χ0v) is 11.6. The molecule has 2 aromatic carbocycles. The second-order valence-electron chi connectivity index (χ2n) is 4.42. The maximum absolute atomic E-state index is 13.7. The van der Waals surface area contributed by atoms with Gasteiger partial charge < -0.3 is 15.4 Å². The third kappa shape index (κ3) is 3.41. The van der Waals surface area contributed by atoms with Crippen molar-refractivity contribution in [3.8, 4) is 5.75 Å². The summed E-state index contributed by atoms with van der Waals surface area (Å²) in [5, 5.41) is 0. The number of hydrogen-bond donors (Lipinski definition) is 1. The molecule has 2 rings (SSSR count). The van der Waals surface area contributed by atoms with E-state index >= 15 is 0 Å². The van der Waals surface area contributed by atoms with E-state index in [2.05, 4.69) is 0 Å². The third-order valence-corrected chi connectivity index (χ3v) is 3.11. The highest BCUT2D eigenvalue weighted by Gasteiger charge is 2.09.